The average molecular weight is 304 g/mol. The molecule has 1 atom stereocenters. The average Bonchev–Trinajstić information content (AvgIpc) is 2.33. The summed E-state index contributed by atoms with van der Waals surface area (Å²) in [6.07, 6.45) is -4.71. The number of nitrogens with one attached hydrogen (secondary N) is 1. The van der Waals surface area contributed by atoms with Gasteiger partial charge < -0.3 is 15.8 Å². The zero-order chi connectivity index (χ0) is 16.3. The van der Waals surface area contributed by atoms with Crippen LogP contribution in [0.25, 0.3) is 0 Å². The van der Waals surface area contributed by atoms with Gasteiger partial charge in [-0.2, -0.15) is 0 Å². The lowest BCUT2D eigenvalue weighted by molar-refractivity contribution is -0.274. The van der Waals surface area contributed by atoms with E-state index in [0.717, 1.165) is 0 Å². The van der Waals surface area contributed by atoms with Crippen LogP contribution in [-0.4, -0.2) is 18.3 Å². The number of carbonyl (C=O) groups excluding carboxylic acids is 1. The number of halogens is 3. The minimum atomic E-state index is -4.71. The molecule has 1 aromatic carbocycles. The monoisotopic (exact) mass is 304 g/mol. The Balaban J connectivity index is 2.55. The highest BCUT2D eigenvalue weighted by molar-refractivity contribution is 5.82. The third-order valence-corrected chi connectivity index (χ3v) is 2.84. The van der Waals surface area contributed by atoms with Crippen LogP contribution in [0, 0.1) is 5.41 Å². The summed E-state index contributed by atoms with van der Waals surface area (Å²) < 4.78 is 39.8. The summed E-state index contributed by atoms with van der Waals surface area (Å²) in [7, 11) is 0. The summed E-state index contributed by atoms with van der Waals surface area (Å²) in [5.74, 6) is -0.609. The molecule has 1 aromatic rings. The van der Waals surface area contributed by atoms with Crippen molar-refractivity contribution in [2.75, 3.05) is 0 Å². The smallest absolute Gasteiger partial charge is 0.406 e. The minimum Gasteiger partial charge on any atom is -0.406 e. The first-order valence-electron chi connectivity index (χ1n) is 6.37. The number of amides is 1. The number of carbonyl (C=O) groups is 1. The Hall–Kier alpha value is -1.76. The molecule has 4 nitrogen and oxygen atoms in total. The Morgan fingerprint density at radius 3 is 2.19 bits per heavy atom. The topological polar surface area (TPSA) is 64.4 Å². The Morgan fingerprint density at radius 1 is 1.24 bits per heavy atom. The van der Waals surface area contributed by atoms with Gasteiger partial charge in [-0.25, -0.2) is 0 Å². The molecule has 0 spiro atoms. The molecule has 0 saturated carbocycles. The highest BCUT2D eigenvalue weighted by Crippen LogP contribution is 2.22. The third kappa shape index (κ3) is 6.03. The SMILES string of the molecule is CC(C)(C)[C@H](N)C(=O)NCc1ccc(OC(F)(F)F)cc1. The molecule has 3 N–H and O–H groups in total. The van der Waals surface area contributed by atoms with Gasteiger partial charge in [0.05, 0.1) is 6.04 Å². The standard InChI is InChI=1S/C14H19F3N2O2/c1-13(2,3)11(18)12(20)19-8-9-4-6-10(7-5-9)21-14(15,16)17/h4-7,11H,8,18H2,1-3H3,(H,19,20)/t11-/m1/s1. The van der Waals surface area contributed by atoms with Crippen molar-refractivity contribution >= 4 is 5.91 Å². The number of benzene rings is 1. The first-order chi connectivity index (χ1) is 9.49. The van der Waals surface area contributed by atoms with Crippen LogP contribution in [0.15, 0.2) is 24.3 Å². The Labute approximate surface area is 121 Å². The summed E-state index contributed by atoms with van der Waals surface area (Å²) >= 11 is 0. The fraction of sp³-hybridized carbons (Fsp3) is 0.500. The molecule has 0 aliphatic heterocycles. The van der Waals surface area contributed by atoms with E-state index >= 15 is 0 Å². The van der Waals surface area contributed by atoms with E-state index in [9.17, 15) is 18.0 Å². The van der Waals surface area contributed by atoms with Gasteiger partial charge in [0.1, 0.15) is 5.75 Å². The first-order valence-corrected chi connectivity index (χ1v) is 6.37. The molecule has 0 aliphatic carbocycles. The maximum atomic E-state index is 12.0. The van der Waals surface area contributed by atoms with Crippen molar-refractivity contribution < 1.29 is 22.7 Å². The van der Waals surface area contributed by atoms with E-state index in [2.05, 4.69) is 10.1 Å². The van der Waals surface area contributed by atoms with Gasteiger partial charge in [-0.1, -0.05) is 32.9 Å². The van der Waals surface area contributed by atoms with Crippen molar-refractivity contribution in [3.05, 3.63) is 29.8 Å². The van der Waals surface area contributed by atoms with Gasteiger partial charge in [0.15, 0.2) is 0 Å². The van der Waals surface area contributed by atoms with Gasteiger partial charge in [0.2, 0.25) is 5.91 Å². The summed E-state index contributed by atoms with van der Waals surface area (Å²) in [6.45, 7) is 5.73. The molecule has 0 fully saturated rings. The fourth-order valence-corrected chi connectivity index (χ4v) is 1.50. The lowest BCUT2D eigenvalue weighted by Gasteiger charge is -2.25. The van der Waals surface area contributed by atoms with Crippen LogP contribution in [-0.2, 0) is 11.3 Å². The number of rotatable bonds is 4. The molecule has 21 heavy (non-hydrogen) atoms. The number of hydrogen-bond acceptors (Lipinski definition) is 3. The highest BCUT2D eigenvalue weighted by atomic mass is 19.4. The van der Waals surface area contributed by atoms with Gasteiger partial charge in [-0.05, 0) is 23.1 Å². The predicted octanol–water partition coefficient (Wildman–Crippen LogP) is 2.57. The zero-order valence-corrected chi connectivity index (χ0v) is 12.1. The maximum absolute atomic E-state index is 12.0. The molecule has 0 radical (unpaired) electrons. The van der Waals surface area contributed by atoms with Gasteiger partial charge in [0.25, 0.3) is 0 Å². The zero-order valence-electron chi connectivity index (χ0n) is 12.1. The van der Waals surface area contributed by atoms with Crippen LogP contribution in [0.4, 0.5) is 13.2 Å². The van der Waals surface area contributed by atoms with Crippen LogP contribution in [0.5, 0.6) is 5.75 Å². The number of alkyl halides is 3. The molecule has 0 aromatic heterocycles. The van der Waals surface area contributed by atoms with Crippen LogP contribution in [0.2, 0.25) is 0 Å². The van der Waals surface area contributed by atoms with Crippen molar-refractivity contribution in [3.8, 4) is 5.75 Å². The second-order valence-electron chi connectivity index (χ2n) is 5.75. The van der Waals surface area contributed by atoms with Crippen molar-refractivity contribution in [2.45, 2.75) is 39.7 Å². The van der Waals surface area contributed by atoms with Crippen LogP contribution in [0.3, 0.4) is 0 Å². The third-order valence-electron chi connectivity index (χ3n) is 2.84. The Kier molecular flexibility index (Phi) is 5.22. The molecule has 0 saturated heterocycles. The lowest BCUT2D eigenvalue weighted by Crippen LogP contribution is -2.48. The van der Waals surface area contributed by atoms with Crippen LogP contribution in [0.1, 0.15) is 26.3 Å². The number of nitrogens with two attached hydrogens (primary N) is 1. The van der Waals surface area contributed by atoms with Gasteiger partial charge >= 0.3 is 6.36 Å². The van der Waals surface area contributed by atoms with Crippen molar-refractivity contribution in [2.24, 2.45) is 11.1 Å². The van der Waals surface area contributed by atoms with Crippen LogP contribution < -0.4 is 15.8 Å². The quantitative estimate of drug-likeness (QED) is 0.898. The normalized spacial score (nSPS) is 13.7. The van der Waals surface area contributed by atoms with E-state index in [0.29, 0.717) is 5.56 Å². The molecule has 0 bridgehead atoms. The molecule has 0 unspecified atom stereocenters. The number of ether oxygens (including phenoxy) is 1. The summed E-state index contributed by atoms with van der Waals surface area (Å²) in [5.41, 5.74) is 6.08. The lowest BCUT2D eigenvalue weighted by atomic mass is 9.87. The largest absolute Gasteiger partial charge is 0.573 e. The summed E-state index contributed by atoms with van der Waals surface area (Å²) in [4.78, 5) is 11.8. The summed E-state index contributed by atoms with van der Waals surface area (Å²) in [5, 5.41) is 2.65. The maximum Gasteiger partial charge on any atom is 0.573 e. The van der Waals surface area contributed by atoms with Crippen LogP contribution >= 0.6 is 0 Å². The van der Waals surface area contributed by atoms with Crippen molar-refractivity contribution in [1.82, 2.24) is 5.32 Å². The Bertz CT molecular complexity index is 478. The van der Waals surface area contributed by atoms with E-state index in [1.807, 2.05) is 20.8 Å². The molecule has 7 heteroatoms. The molecule has 0 heterocycles. The van der Waals surface area contributed by atoms with Gasteiger partial charge in [0, 0.05) is 6.54 Å². The van der Waals surface area contributed by atoms with E-state index < -0.39 is 12.4 Å². The second kappa shape index (κ2) is 6.34. The van der Waals surface area contributed by atoms with Gasteiger partial charge in [-0.3, -0.25) is 4.79 Å². The van der Waals surface area contributed by atoms with Crippen molar-refractivity contribution in [3.63, 3.8) is 0 Å². The summed E-state index contributed by atoms with van der Waals surface area (Å²) in [6, 6.07) is 4.62. The Morgan fingerprint density at radius 2 is 1.76 bits per heavy atom. The van der Waals surface area contributed by atoms with E-state index in [1.54, 1.807) is 0 Å². The minimum absolute atomic E-state index is 0.189. The molecule has 1 rings (SSSR count). The van der Waals surface area contributed by atoms with Crippen molar-refractivity contribution in [1.29, 1.82) is 0 Å². The molecular weight excluding hydrogens is 285 g/mol. The van der Waals surface area contributed by atoms with E-state index in [4.69, 9.17) is 5.73 Å². The molecule has 118 valence electrons. The molecule has 0 aliphatic rings. The first kappa shape index (κ1) is 17.3. The highest BCUT2D eigenvalue weighted by Gasteiger charge is 2.31. The number of hydrogen-bond donors (Lipinski definition) is 2. The van der Waals surface area contributed by atoms with E-state index in [1.165, 1.54) is 24.3 Å². The fourth-order valence-electron chi connectivity index (χ4n) is 1.50. The molecular formula is C14H19F3N2O2. The van der Waals surface area contributed by atoms with Gasteiger partial charge in [-0.15, -0.1) is 13.2 Å². The second-order valence-corrected chi connectivity index (χ2v) is 5.75. The predicted molar refractivity (Wildman–Crippen MR) is 72.4 cm³/mol. The molecule has 1 amide bonds. The van der Waals surface area contributed by atoms with E-state index in [-0.39, 0.29) is 23.6 Å².